The van der Waals surface area contributed by atoms with Crippen LogP contribution in [0.25, 0.3) is 0 Å². The second kappa shape index (κ2) is 5.98. The van der Waals surface area contributed by atoms with Gasteiger partial charge in [-0.05, 0) is 17.7 Å². The largest absolute Gasteiger partial charge is 0.334 e. The fraction of sp³-hybridized carbons (Fsp3) is 0.385. The SMILES string of the molecule is O=C(Cc1ccc(Cl)cc1)C(=O)N1CCNCC1. The Morgan fingerprint density at radius 1 is 1.17 bits per heavy atom. The average molecular weight is 267 g/mol. The summed E-state index contributed by atoms with van der Waals surface area (Å²) >= 11 is 5.77. The van der Waals surface area contributed by atoms with Crippen LogP contribution in [0.4, 0.5) is 0 Å². The van der Waals surface area contributed by atoms with Gasteiger partial charge in [-0.15, -0.1) is 0 Å². The van der Waals surface area contributed by atoms with Crippen LogP contribution in [0.15, 0.2) is 24.3 Å². The minimum absolute atomic E-state index is 0.139. The Hall–Kier alpha value is -1.39. The van der Waals surface area contributed by atoms with E-state index in [2.05, 4.69) is 5.32 Å². The van der Waals surface area contributed by atoms with E-state index in [9.17, 15) is 9.59 Å². The number of carbonyl (C=O) groups is 2. The molecule has 1 saturated heterocycles. The molecule has 0 saturated carbocycles. The van der Waals surface area contributed by atoms with Gasteiger partial charge in [-0.25, -0.2) is 0 Å². The molecule has 1 aromatic rings. The fourth-order valence-corrected chi connectivity index (χ4v) is 2.03. The van der Waals surface area contributed by atoms with Crippen molar-refractivity contribution >= 4 is 23.3 Å². The minimum Gasteiger partial charge on any atom is -0.334 e. The van der Waals surface area contributed by atoms with Crippen molar-refractivity contribution in [2.24, 2.45) is 0 Å². The number of ketones is 1. The van der Waals surface area contributed by atoms with Gasteiger partial charge in [0, 0.05) is 37.6 Å². The Morgan fingerprint density at radius 2 is 1.78 bits per heavy atom. The highest BCUT2D eigenvalue weighted by atomic mass is 35.5. The number of piperazine rings is 1. The number of amides is 1. The van der Waals surface area contributed by atoms with Crippen molar-refractivity contribution < 1.29 is 9.59 Å². The number of rotatable bonds is 3. The van der Waals surface area contributed by atoms with Gasteiger partial charge < -0.3 is 10.2 Å². The molecule has 96 valence electrons. The Kier molecular flexibility index (Phi) is 4.33. The maximum atomic E-state index is 11.9. The predicted octanol–water partition coefficient (Wildman–Crippen LogP) is 0.883. The molecule has 1 aliphatic heterocycles. The van der Waals surface area contributed by atoms with Crippen LogP contribution in [0.5, 0.6) is 0 Å². The van der Waals surface area contributed by atoms with Crippen molar-refractivity contribution in [3.05, 3.63) is 34.9 Å². The lowest BCUT2D eigenvalue weighted by Gasteiger charge is -2.26. The van der Waals surface area contributed by atoms with Crippen molar-refractivity contribution in [2.45, 2.75) is 6.42 Å². The average Bonchev–Trinajstić information content (AvgIpc) is 2.41. The van der Waals surface area contributed by atoms with Gasteiger partial charge in [-0.1, -0.05) is 23.7 Å². The van der Waals surface area contributed by atoms with Crippen molar-refractivity contribution in [1.29, 1.82) is 0 Å². The van der Waals surface area contributed by atoms with E-state index in [1.807, 2.05) is 0 Å². The van der Waals surface area contributed by atoms with Crippen molar-refractivity contribution in [3.63, 3.8) is 0 Å². The molecule has 5 heteroatoms. The number of benzene rings is 1. The number of hydrogen-bond donors (Lipinski definition) is 1. The summed E-state index contributed by atoms with van der Waals surface area (Å²) in [6, 6.07) is 6.98. The van der Waals surface area contributed by atoms with Crippen LogP contribution in [-0.4, -0.2) is 42.8 Å². The Morgan fingerprint density at radius 3 is 2.39 bits per heavy atom. The number of carbonyl (C=O) groups excluding carboxylic acids is 2. The predicted molar refractivity (Wildman–Crippen MR) is 69.6 cm³/mol. The summed E-state index contributed by atoms with van der Waals surface area (Å²) in [5.41, 5.74) is 0.813. The van der Waals surface area contributed by atoms with E-state index in [0.29, 0.717) is 18.1 Å². The van der Waals surface area contributed by atoms with Crippen LogP contribution < -0.4 is 5.32 Å². The summed E-state index contributed by atoms with van der Waals surface area (Å²) in [5.74, 6) is -0.745. The van der Waals surface area contributed by atoms with Gasteiger partial charge in [0.25, 0.3) is 5.91 Å². The fourth-order valence-electron chi connectivity index (χ4n) is 1.91. The molecule has 0 bridgehead atoms. The third kappa shape index (κ3) is 3.31. The van der Waals surface area contributed by atoms with Gasteiger partial charge in [0.05, 0.1) is 0 Å². The van der Waals surface area contributed by atoms with E-state index in [1.165, 1.54) is 0 Å². The lowest BCUT2D eigenvalue weighted by atomic mass is 10.1. The lowest BCUT2D eigenvalue weighted by molar-refractivity contribution is -0.144. The molecule has 0 radical (unpaired) electrons. The molecule has 1 N–H and O–H groups in total. The number of nitrogens with one attached hydrogen (secondary N) is 1. The van der Waals surface area contributed by atoms with Crippen LogP contribution in [0.3, 0.4) is 0 Å². The summed E-state index contributed by atoms with van der Waals surface area (Å²) in [4.78, 5) is 25.3. The molecule has 18 heavy (non-hydrogen) atoms. The second-order valence-corrected chi connectivity index (χ2v) is 4.71. The quantitative estimate of drug-likeness (QED) is 0.827. The number of halogens is 1. The molecule has 0 unspecified atom stereocenters. The molecule has 0 aromatic heterocycles. The normalized spacial score (nSPS) is 15.5. The van der Waals surface area contributed by atoms with E-state index in [-0.39, 0.29) is 18.1 Å². The summed E-state index contributed by atoms with van der Waals surface area (Å²) in [6.07, 6.45) is 0.139. The topological polar surface area (TPSA) is 49.4 Å². The van der Waals surface area contributed by atoms with Gasteiger partial charge in [0.15, 0.2) is 0 Å². The smallest absolute Gasteiger partial charge is 0.290 e. The summed E-state index contributed by atoms with van der Waals surface area (Å²) in [5, 5.41) is 3.77. The van der Waals surface area contributed by atoms with Crippen LogP contribution in [-0.2, 0) is 16.0 Å². The molecule has 1 amide bonds. The van der Waals surface area contributed by atoms with Gasteiger partial charge >= 0.3 is 0 Å². The minimum atomic E-state index is -0.383. The molecule has 0 spiro atoms. The molecule has 1 aromatic carbocycles. The molecule has 1 heterocycles. The van der Waals surface area contributed by atoms with Crippen LogP contribution in [0.2, 0.25) is 5.02 Å². The number of Topliss-reactive ketones (excluding diaryl/α,β-unsaturated/α-hetero) is 1. The first-order valence-electron chi connectivity index (χ1n) is 5.94. The van der Waals surface area contributed by atoms with E-state index < -0.39 is 0 Å². The third-order valence-corrected chi connectivity index (χ3v) is 3.17. The highest BCUT2D eigenvalue weighted by Crippen LogP contribution is 2.10. The van der Waals surface area contributed by atoms with E-state index in [0.717, 1.165) is 18.7 Å². The van der Waals surface area contributed by atoms with Crippen molar-refractivity contribution in [1.82, 2.24) is 10.2 Å². The van der Waals surface area contributed by atoms with Crippen LogP contribution >= 0.6 is 11.6 Å². The van der Waals surface area contributed by atoms with Crippen molar-refractivity contribution in [3.8, 4) is 0 Å². The molecule has 0 aliphatic carbocycles. The summed E-state index contributed by atoms with van der Waals surface area (Å²) in [7, 11) is 0. The Labute approximate surface area is 111 Å². The first kappa shape index (κ1) is 13.1. The number of hydrogen-bond acceptors (Lipinski definition) is 3. The summed E-state index contributed by atoms with van der Waals surface area (Å²) < 4.78 is 0. The van der Waals surface area contributed by atoms with Crippen LogP contribution in [0.1, 0.15) is 5.56 Å². The van der Waals surface area contributed by atoms with Gasteiger partial charge in [0.1, 0.15) is 0 Å². The van der Waals surface area contributed by atoms with Gasteiger partial charge in [-0.2, -0.15) is 0 Å². The second-order valence-electron chi connectivity index (χ2n) is 4.27. The molecule has 1 aliphatic rings. The zero-order chi connectivity index (χ0) is 13.0. The first-order chi connectivity index (χ1) is 8.66. The van der Waals surface area contributed by atoms with Gasteiger partial charge in [-0.3, -0.25) is 9.59 Å². The lowest BCUT2D eigenvalue weighted by Crippen LogP contribution is -2.49. The van der Waals surface area contributed by atoms with Crippen molar-refractivity contribution in [2.75, 3.05) is 26.2 Å². The first-order valence-corrected chi connectivity index (χ1v) is 6.32. The Balaban J connectivity index is 1.94. The standard InChI is InChI=1S/C13H15ClN2O2/c14-11-3-1-10(2-4-11)9-12(17)13(18)16-7-5-15-6-8-16/h1-4,15H,5-9H2. The molecule has 1 fully saturated rings. The molecular formula is C13H15ClN2O2. The van der Waals surface area contributed by atoms with Gasteiger partial charge in [0.2, 0.25) is 5.78 Å². The van der Waals surface area contributed by atoms with E-state index in [4.69, 9.17) is 11.6 Å². The van der Waals surface area contributed by atoms with E-state index >= 15 is 0 Å². The molecule has 2 rings (SSSR count). The maximum Gasteiger partial charge on any atom is 0.290 e. The zero-order valence-electron chi connectivity index (χ0n) is 9.99. The summed E-state index contributed by atoms with van der Waals surface area (Å²) in [6.45, 7) is 2.70. The molecule has 4 nitrogen and oxygen atoms in total. The maximum absolute atomic E-state index is 11.9. The highest BCUT2D eigenvalue weighted by Gasteiger charge is 2.22. The Bertz CT molecular complexity index is 439. The van der Waals surface area contributed by atoms with E-state index in [1.54, 1.807) is 29.2 Å². The monoisotopic (exact) mass is 266 g/mol. The highest BCUT2D eigenvalue weighted by molar-refractivity contribution is 6.36. The molecular weight excluding hydrogens is 252 g/mol. The number of nitrogens with zero attached hydrogens (tertiary/aromatic N) is 1. The van der Waals surface area contributed by atoms with Crippen LogP contribution in [0, 0.1) is 0 Å². The zero-order valence-corrected chi connectivity index (χ0v) is 10.7. The molecule has 0 atom stereocenters. The third-order valence-electron chi connectivity index (χ3n) is 2.92.